The second-order valence-corrected chi connectivity index (χ2v) is 7.95. The van der Waals surface area contributed by atoms with Gasteiger partial charge in [0, 0.05) is 30.0 Å². The molecular formula is C18H26BF2NO2. The summed E-state index contributed by atoms with van der Waals surface area (Å²) in [6, 6.07) is 7.89. The predicted molar refractivity (Wildman–Crippen MR) is 93.0 cm³/mol. The Morgan fingerprint density at radius 2 is 1.54 bits per heavy atom. The van der Waals surface area contributed by atoms with Crippen molar-refractivity contribution in [2.24, 2.45) is 0 Å². The van der Waals surface area contributed by atoms with E-state index in [0.29, 0.717) is 12.8 Å². The smallest absolute Gasteiger partial charge is 0.399 e. The van der Waals surface area contributed by atoms with Crippen LogP contribution in [-0.4, -0.2) is 30.3 Å². The fourth-order valence-electron chi connectivity index (χ4n) is 3.21. The first kappa shape index (κ1) is 17.7. The Kier molecular flexibility index (Phi) is 4.41. The van der Waals surface area contributed by atoms with Crippen molar-refractivity contribution in [1.82, 2.24) is 0 Å². The zero-order chi connectivity index (χ0) is 17.6. The summed E-state index contributed by atoms with van der Waals surface area (Å²) in [6.07, 6.45) is 0.849. The summed E-state index contributed by atoms with van der Waals surface area (Å²) in [4.78, 5) is 0. The van der Waals surface area contributed by atoms with Gasteiger partial charge < -0.3 is 14.6 Å². The van der Waals surface area contributed by atoms with E-state index in [0.717, 1.165) is 11.2 Å². The largest absolute Gasteiger partial charge is 0.496 e. The zero-order valence-electron chi connectivity index (χ0n) is 14.9. The van der Waals surface area contributed by atoms with E-state index in [1.807, 2.05) is 52.0 Å². The molecule has 0 aromatic heterocycles. The topological polar surface area (TPSA) is 30.5 Å². The molecule has 0 amide bonds. The number of hydrogen-bond donors (Lipinski definition) is 1. The van der Waals surface area contributed by atoms with Gasteiger partial charge in [0.05, 0.1) is 11.2 Å². The summed E-state index contributed by atoms with van der Waals surface area (Å²) in [6.45, 7) is 8.08. The van der Waals surface area contributed by atoms with Gasteiger partial charge in [0.15, 0.2) is 0 Å². The highest BCUT2D eigenvalue weighted by atomic mass is 19.3. The molecule has 2 fully saturated rings. The lowest BCUT2D eigenvalue weighted by atomic mass is 9.77. The Morgan fingerprint density at radius 3 is 2.12 bits per heavy atom. The van der Waals surface area contributed by atoms with Crippen molar-refractivity contribution in [3.05, 3.63) is 24.3 Å². The van der Waals surface area contributed by atoms with Crippen molar-refractivity contribution in [2.45, 2.75) is 76.5 Å². The van der Waals surface area contributed by atoms with Crippen LogP contribution in [0.15, 0.2) is 24.3 Å². The number of hydrogen-bond acceptors (Lipinski definition) is 3. The van der Waals surface area contributed by atoms with Crippen LogP contribution in [0, 0.1) is 0 Å². The molecule has 132 valence electrons. The Hall–Kier alpha value is -1.14. The van der Waals surface area contributed by atoms with E-state index < -0.39 is 24.2 Å². The molecule has 2 aliphatic rings. The highest BCUT2D eigenvalue weighted by Gasteiger charge is 2.52. The van der Waals surface area contributed by atoms with E-state index in [1.54, 1.807) is 0 Å². The highest BCUT2D eigenvalue weighted by molar-refractivity contribution is 6.63. The van der Waals surface area contributed by atoms with Gasteiger partial charge in [-0.3, -0.25) is 0 Å². The first-order valence-corrected chi connectivity index (χ1v) is 8.69. The molecule has 0 atom stereocenters. The number of benzene rings is 1. The number of alkyl halides is 2. The van der Waals surface area contributed by atoms with Crippen LogP contribution in [0.2, 0.25) is 0 Å². The van der Waals surface area contributed by atoms with E-state index in [4.69, 9.17) is 9.31 Å². The number of para-hydroxylation sites is 1. The molecule has 1 saturated carbocycles. The molecule has 1 N–H and O–H groups in total. The van der Waals surface area contributed by atoms with E-state index in [1.165, 1.54) is 0 Å². The van der Waals surface area contributed by atoms with Crippen LogP contribution in [0.1, 0.15) is 53.4 Å². The molecule has 1 aliphatic carbocycles. The molecular weight excluding hydrogens is 311 g/mol. The summed E-state index contributed by atoms with van der Waals surface area (Å²) >= 11 is 0. The van der Waals surface area contributed by atoms with E-state index in [2.05, 4.69) is 5.32 Å². The third-order valence-electron chi connectivity index (χ3n) is 5.54. The van der Waals surface area contributed by atoms with Crippen LogP contribution in [0.25, 0.3) is 0 Å². The van der Waals surface area contributed by atoms with E-state index in [-0.39, 0.29) is 18.9 Å². The van der Waals surface area contributed by atoms with Gasteiger partial charge in [0.1, 0.15) is 0 Å². The lowest BCUT2D eigenvalue weighted by Gasteiger charge is -2.32. The van der Waals surface area contributed by atoms with Crippen molar-refractivity contribution in [3.63, 3.8) is 0 Å². The Bertz CT molecular complexity index is 580. The van der Waals surface area contributed by atoms with Crippen molar-refractivity contribution in [1.29, 1.82) is 0 Å². The minimum absolute atomic E-state index is 0.0523. The van der Waals surface area contributed by atoms with Crippen LogP contribution in [0.3, 0.4) is 0 Å². The van der Waals surface area contributed by atoms with Gasteiger partial charge in [-0.2, -0.15) is 0 Å². The quantitative estimate of drug-likeness (QED) is 0.847. The molecule has 6 heteroatoms. The first-order chi connectivity index (χ1) is 11.1. The SMILES string of the molecule is CC1(C)OB(c2ccccc2NC2CCC(F)(F)CC2)OC1(C)C. The summed E-state index contributed by atoms with van der Waals surface area (Å²) in [5.74, 6) is -2.51. The number of nitrogens with one attached hydrogen (secondary N) is 1. The van der Waals surface area contributed by atoms with Gasteiger partial charge in [0.25, 0.3) is 0 Å². The summed E-state index contributed by atoms with van der Waals surface area (Å²) < 4.78 is 39.0. The molecule has 1 aromatic rings. The van der Waals surface area contributed by atoms with E-state index in [9.17, 15) is 8.78 Å². The Balaban J connectivity index is 1.75. The third-order valence-corrected chi connectivity index (χ3v) is 5.54. The van der Waals surface area contributed by atoms with Crippen molar-refractivity contribution in [3.8, 4) is 0 Å². The average molecular weight is 337 g/mol. The maximum atomic E-state index is 13.3. The standard InChI is InChI=1S/C18H26BF2NO2/c1-16(2)17(3,4)24-19(23-16)14-7-5-6-8-15(14)22-13-9-11-18(20,21)12-10-13/h5-8,13,22H,9-12H2,1-4H3. The molecule has 3 rings (SSSR count). The molecule has 0 unspecified atom stereocenters. The van der Waals surface area contributed by atoms with Gasteiger partial charge >= 0.3 is 7.12 Å². The molecule has 1 saturated heterocycles. The maximum absolute atomic E-state index is 13.3. The number of rotatable bonds is 3. The second-order valence-electron chi connectivity index (χ2n) is 7.95. The lowest BCUT2D eigenvalue weighted by Crippen LogP contribution is -2.41. The molecule has 24 heavy (non-hydrogen) atoms. The van der Waals surface area contributed by atoms with Gasteiger partial charge in [-0.25, -0.2) is 8.78 Å². The Labute approximate surface area is 143 Å². The summed E-state index contributed by atoms with van der Waals surface area (Å²) in [5, 5.41) is 3.43. The van der Waals surface area contributed by atoms with Crippen LogP contribution in [0.5, 0.6) is 0 Å². The van der Waals surface area contributed by atoms with Crippen LogP contribution < -0.4 is 10.8 Å². The maximum Gasteiger partial charge on any atom is 0.496 e. The van der Waals surface area contributed by atoms with Crippen molar-refractivity contribution in [2.75, 3.05) is 5.32 Å². The third kappa shape index (κ3) is 3.45. The summed E-state index contributed by atoms with van der Waals surface area (Å²) in [7, 11) is -0.455. The zero-order valence-corrected chi connectivity index (χ0v) is 14.9. The molecule has 1 aliphatic heterocycles. The van der Waals surface area contributed by atoms with Crippen molar-refractivity contribution >= 4 is 18.3 Å². The van der Waals surface area contributed by atoms with E-state index >= 15 is 0 Å². The normalized spacial score (nSPS) is 25.7. The monoisotopic (exact) mass is 337 g/mol. The van der Waals surface area contributed by atoms with Gasteiger partial charge in [-0.1, -0.05) is 18.2 Å². The fourth-order valence-corrected chi connectivity index (χ4v) is 3.21. The summed E-state index contributed by atoms with van der Waals surface area (Å²) in [5.41, 5.74) is 1.02. The van der Waals surface area contributed by atoms with Crippen LogP contribution >= 0.6 is 0 Å². The molecule has 1 heterocycles. The second kappa shape index (κ2) is 5.99. The van der Waals surface area contributed by atoms with Crippen molar-refractivity contribution < 1.29 is 18.1 Å². The minimum atomic E-state index is -2.51. The molecule has 0 spiro atoms. The van der Waals surface area contributed by atoms with Gasteiger partial charge in [-0.05, 0) is 46.6 Å². The lowest BCUT2D eigenvalue weighted by molar-refractivity contribution is -0.0360. The predicted octanol–water partition coefficient (Wildman–Crippen LogP) is 3.98. The molecule has 1 aromatic carbocycles. The highest BCUT2D eigenvalue weighted by Crippen LogP contribution is 2.37. The number of anilines is 1. The fraction of sp³-hybridized carbons (Fsp3) is 0.667. The molecule has 0 bridgehead atoms. The van der Waals surface area contributed by atoms with Gasteiger partial charge in [-0.15, -0.1) is 0 Å². The molecule has 0 radical (unpaired) electrons. The molecule has 3 nitrogen and oxygen atoms in total. The van der Waals surface area contributed by atoms with Crippen LogP contribution in [-0.2, 0) is 9.31 Å². The number of halogens is 2. The van der Waals surface area contributed by atoms with Crippen LogP contribution in [0.4, 0.5) is 14.5 Å². The minimum Gasteiger partial charge on any atom is -0.399 e. The Morgan fingerprint density at radius 1 is 1.00 bits per heavy atom. The average Bonchev–Trinajstić information content (AvgIpc) is 2.70. The van der Waals surface area contributed by atoms with Gasteiger partial charge in [0.2, 0.25) is 5.92 Å². The first-order valence-electron chi connectivity index (χ1n) is 8.69.